The van der Waals surface area contributed by atoms with Crippen LogP contribution >= 0.6 is 0 Å². The summed E-state index contributed by atoms with van der Waals surface area (Å²) in [7, 11) is 0. The summed E-state index contributed by atoms with van der Waals surface area (Å²) in [6.07, 6.45) is 1.58. The molecular weight excluding hydrogens is 398 g/mol. The molecule has 0 spiro atoms. The van der Waals surface area contributed by atoms with Crippen LogP contribution in [0.15, 0.2) is 48.5 Å². The van der Waals surface area contributed by atoms with Gasteiger partial charge in [0.1, 0.15) is 12.1 Å². The van der Waals surface area contributed by atoms with E-state index >= 15 is 0 Å². The van der Waals surface area contributed by atoms with Crippen molar-refractivity contribution in [2.45, 2.75) is 37.9 Å². The first-order valence-corrected chi connectivity index (χ1v) is 10.3. The number of hydrogen-bond donors (Lipinski definition) is 1. The average Bonchev–Trinajstić information content (AvgIpc) is 3.36. The zero-order valence-electron chi connectivity index (χ0n) is 16.7. The van der Waals surface area contributed by atoms with Crippen molar-refractivity contribution >= 4 is 29.5 Å². The van der Waals surface area contributed by atoms with Gasteiger partial charge in [-0.15, -0.1) is 0 Å². The van der Waals surface area contributed by atoms with Crippen LogP contribution in [-0.2, 0) is 22.6 Å². The van der Waals surface area contributed by atoms with Gasteiger partial charge in [0.15, 0.2) is 0 Å². The first-order chi connectivity index (χ1) is 15.0. The highest BCUT2D eigenvalue weighted by Gasteiger charge is 2.47. The quantitative estimate of drug-likeness (QED) is 0.770. The Morgan fingerprint density at radius 3 is 2.39 bits per heavy atom. The van der Waals surface area contributed by atoms with Crippen molar-refractivity contribution < 1.29 is 24.3 Å². The maximum atomic E-state index is 13.0. The van der Waals surface area contributed by atoms with E-state index in [1.54, 1.807) is 29.2 Å². The van der Waals surface area contributed by atoms with Crippen molar-refractivity contribution in [2.24, 2.45) is 0 Å². The third-order valence-electron chi connectivity index (χ3n) is 6.36. The van der Waals surface area contributed by atoms with Gasteiger partial charge in [-0.25, -0.2) is 14.5 Å². The van der Waals surface area contributed by atoms with E-state index < -0.39 is 18.1 Å². The highest BCUT2D eigenvalue weighted by atomic mass is 16.4. The van der Waals surface area contributed by atoms with E-state index in [4.69, 9.17) is 0 Å². The molecule has 2 saturated heterocycles. The lowest BCUT2D eigenvalue weighted by atomic mass is 9.95. The van der Waals surface area contributed by atoms with Crippen LogP contribution in [0.25, 0.3) is 0 Å². The number of hydrogen-bond acceptors (Lipinski definition) is 4. The van der Waals surface area contributed by atoms with Gasteiger partial charge in [-0.2, -0.15) is 0 Å². The van der Waals surface area contributed by atoms with Gasteiger partial charge in [0, 0.05) is 25.1 Å². The highest BCUT2D eigenvalue weighted by Crippen LogP contribution is 2.33. The normalized spacial score (nSPS) is 22.5. The van der Waals surface area contributed by atoms with E-state index in [0.29, 0.717) is 43.6 Å². The maximum Gasteiger partial charge on any atom is 0.332 e. The summed E-state index contributed by atoms with van der Waals surface area (Å²) < 4.78 is 0. The zero-order chi connectivity index (χ0) is 21.7. The molecule has 3 aliphatic heterocycles. The summed E-state index contributed by atoms with van der Waals surface area (Å²) in [5.74, 6) is -1.64. The molecule has 0 radical (unpaired) electrons. The number of benzene rings is 2. The number of likely N-dealkylation sites (tertiary alicyclic amines) is 1. The van der Waals surface area contributed by atoms with Gasteiger partial charge in [-0.05, 0) is 48.2 Å². The molecule has 2 fully saturated rings. The molecule has 2 aromatic carbocycles. The number of rotatable bonds is 3. The Morgan fingerprint density at radius 1 is 0.968 bits per heavy atom. The van der Waals surface area contributed by atoms with Gasteiger partial charge >= 0.3 is 12.0 Å². The second-order valence-corrected chi connectivity index (χ2v) is 8.11. The summed E-state index contributed by atoms with van der Waals surface area (Å²) in [6, 6.07) is 12.3. The summed E-state index contributed by atoms with van der Waals surface area (Å²) in [4.78, 5) is 54.3. The summed E-state index contributed by atoms with van der Waals surface area (Å²) in [5, 5.41) is 9.31. The standard InChI is InChI=1S/C23H21N3O5/c27-20(24-11-3-6-18(24)22(29)30)14-7-9-17(10-8-14)26-21(28)19-12-15-4-1-2-5-16(15)13-25(19)23(26)31/h1-2,4-5,7-10,18-19H,3,6,11-13H2,(H,29,30)/t18-,19-/m0/s1. The molecule has 2 atom stereocenters. The molecule has 0 saturated carbocycles. The van der Waals surface area contributed by atoms with E-state index in [2.05, 4.69) is 0 Å². The van der Waals surface area contributed by atoms with Crippen LogP contribution in [0.1, 0.15) is 34.3 Å². The fourth-order valence-electron chi connectivity index (χ4n) is 4.74. The van der Waals surface area contributed by atoms with Crippen LogP contribution in [0, 0.1) is 0 Å². The molecule has 2 aromatic rings. The van der Waals surface area contributed by atoms with Gasteiger partial charge in [-0.1, -0.05) is 24.3 Å². The first-order valence-electron chi connectivity index (χ1n) is 10.3. The zero-order valence-corrected chi connectivity index (χ0v) is 16.7. The first kappa shape index (κ1) is 19.3. The third-order valence-corrected chi connectivity index (χ3v) is 6.36. The van der Waals surface area contributed by atoms with Crippen molar-refractivity contribution in [3.8, 4) is 0 Å². The summed E-state index contributed by atoms with van der Waals surface area (Å²) in [5.41, 5.74) is 2.86. The number of carboxylic acid groups (broad SMARTS) is 1. The van der Waals surface area contributed by atoms with Crippen LogP contribution in [0.3, 0.4) is 0 Å². The molecule has 0 aromatic heterocycles. The summed E-state index contributed by atoms with van der Waals surface area (Å²) in [6.45, 7) is 0.794. The Morgan fingerprint density at radius 2 is 1.68 bits per heavy atom. The number of urea groups is 1. The number of carbonyl (C=O) groups excluding carboxylic acids is 3. The number of carboxylic acids is 1. The average molecular weight is 419 g/mol. The molecule has 1 N–H and O–H groups in total. The van der Waals surface area contributed by atoms with E-state index in [-0.39, 0.29) is 17.8 Å². The van der Waals surface area contributed by atoms with Gasteiger partial charge in [-0.3, -0.25) is 9.59 Å². The fourth-order valence-corrected chi connectivity index (χ4v) is 4.74. The van der Waals surface area contributed by atoms with Gasteiger partial charge in [0.25, 0.3) is 11.8 Å². The smallest absolute Gasteiger partial charge is 0.332 e. The molecule has 0 unspecified atom stereocenters. The Kier molecular flexibility index (Phi) is 4.50. The Bertz CT molecular complexity index is 1050. The lowest BCUT2D eigenvalue weighted by Crippen LogP contribution is -2.40. The van der Waals surface area contributed by atoms with Crippen molar-refractivity contribution in [1.82, 2.24) is 9.80 Å². The minimum absolute atomic E-state index is 0.274. The van der Waals surface area contributed by atoms with Crippen LogP contribution in [0.5, 0.6) is 0 Å². The van der Waals surface area contributed by atoms with Crippen molar-refractivity contribution in [3.05, 3.63) is 65.2 Å². The largest absolute Gasteiger partial charge is 0.480 e. The van der Waals surface area contributed by atoms with Gasteiger partial charge < -0.3 is 14.9 Å². The molecule has 5 rings (SSSR count). The van der Waals surface area contributed by atoms with Gasteiger partial charge in [0.05, 0.1) is 5.69 Å². The van der Waals surface area contributed by atoms with E-state index in [9.17, 15) is 24.3 Å². The molecule has 4 amide bonds. The Balaban J connectivity index is 1.37. The fraction of sp³-hybridized carbons (Fsp3) is 0.304. The Hall–Kier alpha value is -3.68. The second kappa shape index (κ2) is 7.23. The lowest BCUT2D eigenvalue weighted by Gasteiger charge is -2.28. The lowest BCUT2D eigenvalue weighted by molar-refractivity contribution is -0.141. The monoisotopic (exact) mass is 419 g/mol. The molecule has 3 aliphatic rings. The number of aliphatic carboxylic acids is 1. The van der Waals surface area contributed by atoms with E-state index in [0.717, 1.165) is 11.1 Å². The number of imide groups is 1. The number of fused-ring (bicyclic) bond motifs is 2. The predicted molar refractivity (Wildman–Crippen MR) is 110 cm³/mol. The molecule has 8 heteroatoms. The molecular formula is C23H21N3O5. The molecule has 8 nitrogen and oxygen atoms in total. The minimum Gasteiger partial charge on any atom is -0.480 e. The SMILES string of the molecule is O=C(O)[C@@H]1CCCN1C(=O)c1ccc(N2C(=O)[C@@H]3Cc4ccccc4CN3C2=O)cc1. The molecule has 0 aliphatic carbocycles. The van der Waals surface area contributed by atoms with Crippen LogP contribution < -0.4 is 4.90 Å². The van der Waals surface area contributed by atoms with Crippen LogP contribution in [0.2, 0.25) is 0 Å². The number of carbonyl (C=O) groups is 4. The number of nitrogens with zero attached hydrogens (tertiary/aromatic N) is 3. The van der Waals surface area contributed by atoms with Crippen molar-refractivity contribution in [1.29, 1.82) is 0 Å². The van der Waals surface area contributed by atoms with Crippen LogP contribution in [-0.4, -0.2) is 57.3 Å². The molecule has 31 heavy (non-hydrogen) atoms. The van der Waals surface area contributed by atoms with Crippen molar-refractivity contribution in [3.63, 3.8) is 0 Å². The van der Waals surface area contributed by atoms with Gasteiger partial charge in [0.2, 0.25) is 0 Å². The Labute approximate surface area is 178 Å². The summed E-state index contributed by atoms with van der Waals surface area (Å²) >= 11 is 0. The van der Waals surface area contributed by atoms with Crippen LogP contribution in [0.4, 0.5) is 10.5 Å². The third kappa shape index (κ3) is 3.06. The second-order valence-electron chi connectivity index (χ2n) is 8.11. The molecule has 3 heterocycles. The number of anilines is 1. The van der Waals surface area contributed by atoms with E-state index in [1.165, 1.54) is 9.80 Å². The van der Waals surface area contributed by atoms with Crippen molar-refractivity contribution in [2.75, 3.05) is 11.4 Å². The highest BCUT2D eigenvalue weighted by molar-refractivity contribution is 6.21. The van der Waals surface area contributed by atoms with E-state index in [1.807, 2.05) is 24.3 Å². The molecule has 0 bridgehead atoms. The minimum atomic E-state index is -1.01. The topological polar surface area (TPSA) is 98.2 Å². The molecule has 158 valence electrons. The maximum absolute atomic E-state index is 13.0. The number of amides is 4. The predicted octanol–water partition coefficient (Wildman–Crippen LogP) is 2.27.